The van der Waals surface area contributed by atoms with Gasteiger partial charge in [-0.05, 0) is 38.8 Å². The Balaban J connectivity index is 2.04. The molecule has 1 heterocycles. The van der Waals surface area contributed by atoms with E-state index in [-0.39, 0.29) is 10.6 Å². The van der Waals surface area contributed by atoms with Crippen molar-refractivity contribution in [3.63, 3.8) is 0 Å². The number of aryl methyl sites for hydroxylation is 1. The molecule has 0 bridgehead atoms. The molecule has 0 amide bonds. The minimum Gasteiger partial charge on any atom is -0.314 e. The number of hydrogen-bond acceptors (Lipinski definition) is 5. The molecule has 1 aromatic rings. The van der Waals surface area contributed by atoms with Crippen LogP contribution in [-0.4, -0.2) is 32.5 Å². The maximum Gasteiger partial charge on any atom is 0.273 e. The van der Waals surface area contributed by atoms with Crippen LogP contribution in [0.25, 0.3) is 0 Å². The Bertz CT molecular complexity index is 624. The second-order valence-corrected chi connectivity index (χ2v) is 6.95. The van der Waals surface area contributed by atoms with Crippen molar-refractivity contribution in [3.8, 4) is 0 Å². The van der Waals surface area contributed by atoms with Crippen LogP contribution in [0.4, 0.5) is 5.69 Å². The van der Waals surface area contributed by atoms with Crippen molar-refractivity contribution in [1.29, 1.82) is 0 Å². The maximum absolute atomic E-state index is 12.1. The second kappa shape index (κ2) is 6.50. The molecule has 0 radical (unpaired) electrons. The summed E-state index contributed by atoms with van der Waals surface area (Å²) >= 11 is 0. The number of nitro groups is 1. The normalized spacial score (nSPS) is 18.8. The average Bonchev–Trinajstić information content (AvgIpc) is 2.91. The second-order valence-electron chi connectivity index (χ2n) is 5.19. The summed E-state index contributed by atoms with van der Waals surface area (Å²) in [5.41, 5.74) is 0.254. The van der Waals surface area contributed by atoms with Crippen molar-refractivity contribution in [2.45, 2.75) is 37.1 Å². The van der Waals surface area contributed by atoms with Gasteiger partial charge in [0.15, 0.2) is 0 Å². The highest BCUT2D eigenvalue weighted by atomic mass is 32.2. The van der Waals surface area contributed by atoms with E-state index < -0.39 is 14.9 Å². The number of sulfonamides is 1. The van der Waals surface area contributed by atoms with E-state index in [1.807, 2.05) is 0 Å². The molecule has 1 atom stereocenters. The lowest BCUT2D eigenvalue weighted by Crippen LogP contribution is -2.30. The number of hydrogen-bond donors (Lipinski definition) is 2. The van der Waals surface area contributed by atoms with E-state index in [4.69, 9.17) is 0 Å². The van der Waals surface area contributed by atoms with E-state index in [1.165, 1.54) is 12.1 Å². The monoisotopic (exact) mass is 313 g/mol. The summed E-state index contributed by atoms with van der Waals surface area (Å²) in [6.45, 7) is 2.87. The van der Waals surface area contributed by atoms with Crippen molar-refractivity contribution in [2.24, 2.45) is 0 Å². The third-order valence-corrected chi connectivity index (χ3v) is 5.09. The van der Waals surface area contributed by atoms with Crippen molar-refractivity contribution in [1.82, 2.24) is 10.0 Å². The van der Waals surface area contributed by atoms with Crippen LogP contribution >= 0.6 is 0 Å². The van der Waals surface area contributed by atoms with Crippen LogP contribution in [0.1, 0.15) is 24.8 Å². The molecule has 0 spiro atoms. The van der Waals surface area contributed by atoms with Crippen LogP contribution in [-0.2, 0) is 10.0 Å². The van der Waals surface area contributed by atoms with Gasteiger partial charge >= 0.3 is 0 Å². The highest BCUT2D eigenvalue weighted by molar-refractivity contribution is 7.89. The Morgan fingerprint density at radius 1 is 1.48 bits per heavy atom. The fourth-order valence-electron chi connectivity index (χ4n) is 2.41. The molecule has 1 fully saturated rings. The Morgan fingerprint density at radius 2 is 2.24 bits per heavy atom. The van der Waals surface area contributed by atoms with Crippen LogP contribution in [0.15, 0.2) is 23.1 Å². The quantitative estimate of drug-likeness (QED) is 0.609. The summed E-state index contributed by atoms with van der Waals surface area (Å²) in [5, 5.41) is 14.2. The van der Waals surface area contributed by atoms with E-state index in [2.05, 4.69) is 10.0 Å². The first-order valence-electron chi connectivity index (χ1n) is 6.88. The molecule has 21 heavy (non-hydrogen) atoms. The fraction of sp³-hybridized carbons (Fsp3) is 0.538. The minimum absolute atomic E-state index is 0.0702. The SMILES string of the molecule is Cc1ccc(S(=O)(=O)NCC[C@@H]2CCCN2)cc1[N+](=O)[O-]. The summed E-state index contributed by atoms with van der Waals surface area (Å²) in [6.07, 6.45) is 2.88. The van der Waals surface area contributed by atoms with Crippen molar-refractivity contribution >= 4 is 15.7 Å². The minimum atomic E-state index is -3.71. The molecular weight excluding hydrogens is 294 g/mol. The Morgan fingerprint density at radius 3 is 2.86 bits per heavy atom. The lowest BCUT2D eigenvalue weighted by molar-refractivity contribution is -0.385. The summed E-state index contributed by atoms with van der Waals surface area (Å²) in [5.74, 6) is 0. The molecule has 1 aliphatic heterocycles. The summed E-state index contributed by atoms with van der Waals surface area (Å²) in [4.78, 5) is 10.2. The number of benzene rings is 1. The number of rotatable bonds is 6. The first-order valence-corrected chi connectivity index (χ1v) is 8.36. The summed E-state index contributed by atoms with van der Waals surface area (Å²) < 4.78 is 26.8. The molecule has 0 unspecified atom stereocenters. The number of nitrogens with zero attached hydrogens (tertiary/aromatic N) is 1. The lowest BCUT2D eigenvalue weighted by atomic mass is 10.2. The van der Waals surface area contributed by atoms with Crippen LogP contribution < -0.4 is 10.0 Å². The maximum atomic E-state index is 12.1. The molecule has 116 valence electrons. The van der Waals surface area contributed by atoms with Crippen molar-refractivity contribution < 1.29 is 13.3 Å². The Kier molecular flexibility index (Phi) is 4.92. The molecule has 0 aliphatic carbocycles. The molecule has 1 aromatic carbocycles. The van der Waals surface area contributed by atoms with Gasteiger partial charge in [0.25, 0.3) is 5.69 Å². The Hall–Kier alpha value is -1.51. The highest BCUT2D eigenvalue weighted by Gasteiger charge is 2.20. The van der Waals surface area contributed by atoms with Gasteiger partial charge in [0, 0.05) is 24.2 Å². The summed E-state index contributed by atoms with van der Waals surface area (Å²) in [6, 6.07) is 4.29. The molecule has 2 rings (SSSR count). The first-order chi connectivity index (χ1) is 9.90. The third-order valence-electron chi connectivity index (χ3n) is 3.63. The van der Waals surface area contributed by atoms with Gasteiger partial charge in [0.1, 0.15) is 0 Å². The number of nitro benzene ring substituents is 1. The van der Waals surface area contributed by atoms with Crippen LogP contribution in [0.2, 0.25) is 0 Å². The molecule has 7 nitrogen and oxygen atoms in total. The fourth-order valence-corrected chi connectivity index (χ4v) is 3.47. The highest BCUT2D eigenvalue weighted by Crippen LogP contribution is 2.22. The zero-order chi connectivity index (χ0) is 15.5. The topological polar surface area (TPSA) is 101 Å². The van der Waals surface area contributed by atoms with E-state index >= 15 is 0 Å². The number of nitrogens with one attached hydrogen (secondary N) is 2. The van der Waals surface area contributed by atoms with Crippen LogP contribution in [0.5, 0.6) is 0 Å². The van der Waals surface area contributed by atoms with Crippen LogP contribution in [0.3, 0.4) is 0 Å². The average molecular weight is 313 g/mol. The summed E-state index contributed by atoms with van der Waals surface area (Å²) in [7, 11) is -3.71. The zero-order valence-electron chi connectivity index (χ0n) is 11.8. The first kappa shape index (κ1) is 15.9. The molecular formula is C13H19N3O4S. The van der Waals surface area contributed by atoms with E-state index in [0.717, 1.165) is 25.5 Å². The molecule has 1 aliphatic rings. The zero-order valence-corrected chi connectivity index (χ0v) is 12.6. The molecule has 0 saturated carbocycles. The molecule has 0 aromatic heterocycles. The Labute approximate surface area is 123 Å². The van der Waals surface area contributed by atoms with Gasteiger partial charge in [-0.15, -0.1) is 0 Å². The van der Waals surface area contributed by atoms with Gasteiger partial charge in [-0.1, -0.05) is 6.07 Å². The molecule has 2 N–H and O–H groups in total. The van der Waals surface area contributed by atoms with Crippen LogP contribution in [0, 0.1) is 17.0 Å². The van der Waals surface area contributed by atoms with Gasteiger partial charge in [0.2, 0.25) is 10.0 Å². The lowest BCUT2D eigenvalue weighted by Gasteiger charge is -2.11. The van der Waals surface area contributed by atoms with E-state index in [9.17, 15) is 18.5 Å². The molecule has 8 heteroatoms. The van der Waals surface area contributed by atoms with E-state index in [0.29, 0.717) is 24.6 Å². The predicted molar refractivity (Wildman–Crippen MR) is 78.7 cm³/mol. The van der Waals surface area contributed by atoms with Crippen molar-refractivity contribution in [2.75, 3.05) is 13.1 Å². The van der Waals surface area contributed by atoms with Gasteiger partial charge < -0.3 is 5.32 Å². The van der Waals surface area contributed by atoms with Gasteiger partial charge in [-0.2, -0.15) is 0 Å². The molecule has 1 saturated heterocycles. The standard InChI is InChI=1S/C13H19N3O4S/c1-10-4-5-12(9-13(10)16(17)18)21(19,20)15-8-6-11-3-2-7-14-11/h4-5,9,11,14-15H,2-3,6-8H2,1H3/t11-/m0/s1. The van der Waals surface area contributed by atoms with E-state index in [1.54, 1.807) is 6.92 Å². The van der Waals surface area contributed by atoms with Gasteiger partial charge in [-0.25, -0.2) is 13.1 Å². The largest absolute Gasteiger partial charge is 0.314 e. The third kappa shape index (κ3) is 3.99. The smallest absolute Gasteiger partial charge is 0.273 e. The van der Waals surface area contributed by atoms with Gasteiger partial charge in [0.05, 0.1) is 9.82 Å². The van der Waals surface area contributed by atoms with Gasteiger partial charge in [-0.3, -0.25) is 10.1 Å². The predicted octanol–water partition coefficient (Wildman–Crippen LogP) is 1.32. The van der Waals surface area contributed by atoms with Crippen molar-refractivity contribution in [3.05, 3.63) is 33.9 Å².